The van der Waals surface area contributed by atoms with E-state index in [-0.39, 0.29) is 25.2 Å². The second-order valence-electron chi connectivity index (χ2n) is 3.56. The summed E-state index contributed by atoms with van der Waals surface area (Å²) in [5.41, 5.74) is 5.42. The maximum atomic E-state index is 10.5. The zero-order valence-corrected chi connectivity index (χ0v) is 15.0. The summed E-state index contributed by atoms with van der Waals surface area (Å²) in [5, 5.41) is 8.58. The molecule has 20 heavy (non-hydrogen) atoms. The van der Waals surface area contributed by atoms with Gasteiger partial charge in [0, 0.05) is 11.5 Å². The second-order valence-corrected chi connectivity index (χ2v) is 8.78. The molecule has 0 heterocycles. The van der Waals surface area contributed by atoms with Gasteiger partial charge in [0.05, 0.1) is 12.0 Å². The highest BCUT2D eigenvalue weighted by Gasteiger charge is 2.13. The highest BCUT2D eigenvalue weighted by Crippen LogP contribution is 2.21. The van der Waals surface area contributed by atoms with Crippen molar-refractivity contribution in [2.45, 2.75) is 33.7 Å². The summed E-state index contributed by atoms with van der Waals surface area (Å²) in [7, 11) is 6.47. The summed E-state index contributed by atoms with van der Waals surface area (Å²) in [5.74, 6) is 0.654. The number of carboxylic acid groups (broad SMARTS) is 1. The SMILES string of the molecule is C.CCC(CSSC)C(=O)O.CSSCC(N)C(C)=O. The lowest BCUT2D eigenvalue weighted by Gasteiger charge is -2.06. The summed E-state index contributed by atoms with van der Waals surface area (Å²) in [6, 6.07) is -0.276. The van der Waals surface area contributed by atoms with Crippen molar-refractivity contribution in [1.82, 2.24) is 0 Å². The number of hydrogen-bond acceptors (Lipinski definition) is 7. The van der Waals surface area contributed by atoms with Gasteiger partial charge < -0.3 is 10.8 Å². The van der Waals surface area contributed by atoms with E-state index in [0.29, 0.717) is 5.75 Å². The Kier molecular flexibility index (Phi) is 22.3. The summed E-state index contributed by atoms with van der Waals surface area (Å²) >= 11 is 0. The molecule has 0 aliphatic carbocycles. The Labute approximate surface area is 139 Å². The van der Waals surface area contributed by atoms with Crippen LogP contribution < -0.4 is 5.73 Å². The molecule has 8 heteroatoms. The number of nitrogens with two attached hydrogens (primary N) is 1. The number of carboxylic acids is 1. The number of Topliss-reactive ketones (excluding diaryl/α,β-unsaturated/α-hetero) is 1. The lowest BCUT2D eigenvalue weighted by atomic mass is 10.1. The number of rotatable bonds is 9. The van der Waals surface area contributed by atoms with Gasteiger partial charge in [-0.3, -0.25) is 9.59 Å². The molecule has 0 saturated carbocycles. The van der Waals surface area contributed by atoms with Gasteiger partial charge in [0.25, 0.3) is 0 Å². The molecule has 2 unspecified atom stereocenters. The van der Waals surface area contributed by atoms with Gasteiger partial charge in [-0.05, 0) is 25.9 Å². The van der Waals surface area contributed by atoms with Crippen molar-refractivity contribution in [3.05, 3.63) is 0 Å². The van der Waals surface area contributed by atoms with E-state index in [0.717, 1.165) is 12.2 Å². The Morgan fingerprint density at radius 2 is 1.60 bits per heavy atom. The number of carbonyl (C=O) groups excluding carboxylic acids is 1. The van der Waals surface area contributed by atoms with Gasteiger partial charge in [-0.25, -0.2) is 0 Å². The molecule has 0 fully saturated rings. The van der Waals surface area contributed by atoms with E-state index in [1.807, 2.05) is 19.4 Å². The van der Waals surface area contributed by atoms with E-state index in [2.05, 4.69) is 0 Å². The minimum Gasteiger partial charge on any atom is -0.481 e. The fourth-order valence-corrected chi connectivity index (χ4v) is 3.72. The van der Waals surface area contributed by atoms with Crippen LogP contribution in [0.5, 0.6) is 0 Å². The average molecular weight is 362 g/mol. The van der Waals surface area contributed by atoms with Crippen LogP contribution in [0, 0.1) is 5.92 Å². The number of carbonyl (C=O) groups is 2. The van der Waals surface area contributed by atoms with E-state index in [9.17, 15) is 9.59 Å². The first kappa shape index (κ1) is 25.5. The summed E-state index contributed by atoms with van der Waals surface area (Å²) < 4.78 is 0. The Bertz CT molecular complexity index is 255. The molecule has 0 aromatic carbocycles. The zero-order chi connectivity index (χ0) is 15.3. The van der Waals surface area contributed by atoms with Crippen LogP contribution in [0.1, 0.15) is 27.7 Å². The molecule has 0 aliphatic heterocycles. The fraction of sp³-hybridized carbons (Fsp3) is 0.833. The Hall–Kier alpha value is 0.500. The molecule has 0 aromatic rings. The quantitative estimate of drug-likeness (QED) is 0.602. The van der Waals surface area contributed by atoms with Crippen molar-refractivity contribution in [1.29, 1.82) is 0 Å². The first-order valence-electron chi connectivity index (χ1n) is 5.70. The molecular formula is C12H27NO3S4. The highest BCUT2D eigenvalue weighted by atomic mass is 33.1. The fourth-order valence-electron chi connectivity index (χ4n) is 0.773. The highest BCUT2D eigenvalue weighted by molar-refractivity contribution is 8.76. The van der Waals surface area contributed by atoms with E-state index in [4.69, 9.17) is 10.8 Å². The topological polar surface area (TPSA) is 80.4 Å². The Morgan fingerprint density at radius 3 is 1.90 bits per heavy atom. The maximum absolute atomic E-state index is 10.5. The van der Waals surface area contributed by atoms with Crippen LogP contribution >= 0.6 is 43.2 Å². The number of aliphatic carboxylic acids is 1. The molecule has 0 bridgehead atoms. The zero-order valence-electron chi connectivity index (χ0n) is 11.8. The molecular weight excluding hydrogens is 334 g/mol. The van der Waals surface area contributed by atoms with Crippen LogP contribution in [0.4, 0.5) is 0 Å². The molecule has 0 amide bonds. The van der Waals surface area contributed by atoms with Crippen LogP contribution in [0.2, 0.25) is 0 Å². The van der Waals surface area contributed by atoms with Gasteiger partial charge in [0.15, 0.2) is 0 Å². The average Bonchev–Trinajstić information content (AvgIpc) is 2.37. The van der Waals surface area contributed by atoms with Crippen LogP contribution in [0.25, 0.3) is 0 Å². The monoisotopic (exact) mass is 361 g/mol. The van der Waals surface area contributed by atoms with Gasteiger partial charge in [-0.2, -0.15) is 0 Å². The van der Waals surface area contributed by atoms with Crippen LogP contribution in [0.15, 0.2) is 0 Å². The van der Waals surface area contributed by atoms with Crippen molar-refractivity contribution in [2.75, 3.05) is 24.0 Å². The van der Waals surface area contributed by atoms with Crippen molar-refractivity contribution in [3.63, 3.8) is 0 Å². The molecule has 0 rings (SSSR count). The van der Waals surface area contributed by atoms with Gasteiger partial charge in [0.2, 0.25) is 0 Å². The first-order valence-corrected chi connectivity index (χ1v) is 11.2. The van der Waals surface area contributed by atoms with Gasteiger partial charge in [-0.1, -0.05) is 57.5 Å². The second kappa shape index (κ2) is 17.6. The summed E-state index contributed by atoms with van der Waals surface area (Å²) in [4.78, 5) is 20.9. The van der Waals surface area contributed by atoms with Crippen molar-refractivity contribution in [3.8, 4) is 0 Å². The minimum atomic E-state index is -0.677. The minimum absolute atomic E-state index is 0. The predicted octanol–water partition coefficient (Wildman–Crippen LogP) is 3.66. The molecule has 3 N–H and O–H groups in total. The maximum Gasteiger partial charge on any atom is 0.307 e. The van der Waals surface area contributed by atoms with Crippen LogP contribution in [0.3, 0.4) is 0 Å². The lowest BCUT2D eigenvalue weighted by Crippen LogP contribution is -2.30. The van der Waals surface area contributed by atoms with Gasteiger partial charge >= 0.3 is 5.97 Å². The largest absolute Gasteiger partial charge is 0.481 e. The molecule has 0 radical (unpaired) electrons. The van der Waals surface area contributed by atoms with E-state index < -0.39 is 5.97 Å². The van der Waals surface area contributed by atoms with E-state index in [1.54, 1.807) is 43.2 Å². The smallest absolute Gasteiger partial charge is 0.307 e. The molecule has 0 aromatic heterocycles. The van der Waals surface area contributed by atoms with Gasteiger partial charge in [-0.15, -0.1) is 0 Å². The Morgan fingerprint density at radius 1 is 1.15 bits per heavy atom. The van der Waals surface area contributed by atoms with Crippen LogP contribution in [-0.2, 0) is 9.59 Å². The third-order valence-electron chi connectivity index (χ3n) is 2.12. The number of hydrogen-bond donors (Lipinski definition) is 2. The normalized spacial score (nSPS) is 12.4. The molecule has 2 atom stereocenters. The standard InChI is InChI=1S/C6H12O2S2.C5H11NOS2.CH4/c1-3-5(6(7)8)4-10-9-2;1-4(7)5(6)3-9-8-2;/h5H,3-4H2,1-2H3,(H,7,8);5H,3,6H2,1-2H3;1H4. The van der Waals surface area contributed by atoms with Crippen LogP contribution in [-0.4, -0.2) is 46.9 Å². The Balaban J connectivity index is -0.000000277. The van der Waals surface area contributed by atoms with E-state index in [1.165, 1.54) is 6.92 Å². The van der Waals surface area contributed by atoms with Crippen molar-refractivity contribution in [2.24, 2.45) is 11.7 Å². The van der Waals surface area contributed by atoms with Crippen molar-refractivity contribution < 1.29 is 14.7 Å². The molecule has 0 saturated heterocycles. The molecule has 122 valence electrons. The summed E-state index contributed by atoms with van der Waals surface area (Å²) in [6.45, 7) is 3.42. The van der Waals surface area contributed by atoms with E-state index >= 15 is 0 Å². The third kappa shape index (κ3) is 16.6. The first-order chi connectivity index (χ1) is 8.90. The molecule has 4 nitrogen and oxygen atoms in total. The number of ketones is 1. The molecule has 0 spiro atoms. The predicted molar refractivity (Wildman–Crippen MR) is 98.8 cm³/mol. The van der Waals surface area contributed by atoms with Gasteiger partial charge in [0.1, 0.15) is 5.78 Å². The molecule has 0 aliphatic rings. The third-order valence-corrected chi connectivity index (χ3v) is 5.85. The summed E-state index contributed by atoms with van der Waals surface area (Å²) in [6.07, 6.45) is 4.65. The lowest BCUT2D eigenvalue weighted by molar-refractivity contribution is -0.141. The van der Waals surface area contributed by atoms with Crippen molar-refractivity contribution >= 4 is 54.9 Å².